The van der Waals surface area contributed by atoms with Crippen molar-refractivity contribution in [1.29, 1.82) is 0 Å². The van der Waals surface area contributed by atoms with Crippen LogP contribution in [0, 0.1) is 12.7 Å². The van der Waals surface area contributed by atoms with E-state index in [1.165, 1.54) is 13.2 Å². The van der Waals surface area contributed by atoms with Crippen molar-refractivity contribution in [2.24, 2.45) is 0 Å². The molecule has 0 fully saturated rings. The molecule has 6 nitrogen and oxygen atoms in total. The highest BCUT2D eigenvalue weighted by atomic mass is 35.5. The molecular formula is C17H16ClFN4O2. The second-order valence-corrected chi connectivity index (χ2v) is 6.16. The lowest BCUT2D eigenvalue weighted by Crippen LogP contribution is -2.13. The van der Waals surface area contributed by atoms with Crippen molar-refractivity contribution in [2.45, 2.75) is 6.92 Å². The molecule has 0 spiro atoms. The van der Waals surface area contributed by atoms with Crippen LogP contribution in [0.4, 0.5) is 10.1 Å². The number of carbonyl (C=O) groups excluding carboxylic acids is 1. The Kier molecular flexibility index (Phi) is 4.34. The number of carbonyl (C=O) groups is 1. The molecule has 0 saturated carbocycles. The van der Waals surface area contributed by atoms with E-state index in [1.807, 2.05) is 6.92 Å². The average Bonchev–Trinajstić information content (AvgIpc) is 2.93. The summed E-state index contributed by atoms with van der Waals surface area (Å²) in [6.07, 6.45) is 0. The van der Waals surface area contributed by atoms with Crippen LogP contribution in [0.2, 0.25) is 5.02 Å². The Hall–Kier alpha value is -2.67. The van der Waals surface area contributed by atoms with E-state index in [0.717, 1.165) is 5.69 Å². The first-order valence-electron chi connectivity index (χ1n) is 7.44. The summed E-state index contributed by atoms with van der Waals surface area (Å²) in [5.41, 5.74) is 1.69. The van der Waals surface area contributed by atoms with Crippen molar-refractivity contribution in [1.82, 2.24) is 15.0 Å². The van der Waals surface area contributed by atoms with Gasteiger partial charge in [-0.15, -0.1) is 0 Å². The van der Waals surface area contributed by atoms with Gasteiger partial charge in [0.05, 0.1) is 28.8 Å². The predicted molar refractivity (Wildman–Crippen MR) is 94.7 cm³/mol. The minimum Gasteiger partial charge on any atom is -0.464 e. The molecule has 0 aliphatic rings. The van der Waals surface area contributed by atoms with Crippen molar-refractivity contribution >= 4 is 34.3 Å². The molecule has 130 valence electrons. The topological polar surface area (TPSA) is 71.1 Å². The summed E-state index contributed by atoms with van der Waals surface area (Å²) in [6, 6.07) is 4.80. The molecule has 2 aromatic heterocycles. The quantitative estimate of drug-likeness (QED) is 0.721. The number of hydrogen-bond acceptors (Lipinski definition) is 5. The summed E-state index contributed by atoms with van der Waals surface area (Å²) in [5, 5.41) is 0.798. The summed E-state index contributed by atoms with van der Waals surface area (Å²) in [6.45, 7) is 1.83. The van der Waals surface area contributed by atoms with Crippen molar-refractivity contribution in [3.8, 4) is 11.4 Å². The third kappa shape index (κ3) is 2.91. The van der Waals surface area contributed by atoms with Gasteiger partial charge in [-0.05, 0) is 25.1 Å². The van der Waals surface area contributed by atoms with E-state index in [9.17, 15) is 9.18 Å². The van der Waals surface area contributed by atoms with E-state index < -0.39 is 11.8 Å². The van der Waals surface area contributed by atoms with Gasteiger partial charge in [0.25, 0.3) is 0 Å². The molecule has 1 N–H and O–H groups in total. The van der Waals surface area contributed by atoms with Crippen LogP contribution in [0.1, 0.15) is 16.2 Å². The van der Waals surface area contributed by atoms with Crippen LogP contribution < -0.4 is 4.90 Å². The Bertz CT molecular complexity index is 984. The van der Waals surface area contributed by atoms with Crippen molar-refractivity contribution in [3.05, 3.63) is 40.4 Å². The van der Waals surface area contributed by atoms with Crippen LogP contribution in [-0.2, 0) is 4.74 Å². The number of nitrogens with zero attached hydrogens (tertiary/aromatic N) is 3. The molecule has 0 saturated heterocycles. The first kappa shape index (κ1) is 17.2. The normalized spacial score (nSPS) is 11.0. The number of fused-ring (bicyclic) bond motifs is 1. The first-order valence-corrected chi connectivity index (χ1v) is 7.82. The highest BCUT2D eigenvalue weighted by molar-refractivity contribution is 6.33. The summed E-state index contributed by atoms with van der Waals surface area (Å²) in [7, 11) is 4.64. The Labute approximate surface area is 148 Å². The Morgan fingerprint density at radius 2 is 2.04 bits per heavy atom. The van der Waals surface area contributed by atoms with Crippen molar-refractivity contribution in [2.75, 3.05) is 26.1 Å². The van der Waals surface area contributed by atoms with Gasteiger partial charge in [0.1, 0.15) is 5.65 Å². The molecular weight excluding hydrogens is 347 g/mol. The number of aromatic amines is 1. The van der Waals surface area contributed by atoms with E-state index in [-0.39, 0.29) is 27.8 Å². The number of aromatic nitrogens is 3. The van der Waals surface area contributed by atoms with Crippen LogP contribution in [0.15, 0.2) is 18.2 Å². The molecule has 0 aliphatic heterocycles. The minimum absolute atomic E-state index is 0.0759. The van der Waals surface area contributed by atoms with Crippen LogP contribution in [-0.4, -0.2) is 42.1 Å². The number of rotatable bonds is 3. The minimum atomic E-state index is -0.616. The standard InChI is InChI=1S/C17H16ClFN4O2/c1-8-7-10-13(17(24)25-4)21-15(22-16(10)20-8)9-5-6-11(18)14(12(9)19)23(2)3/h5-7H,1-4H3,(H,20,21,22). The summed E-state index contributed by atoms with van der Waals surface area (Å²) in [4.78, 5) is 25.3. The number of anilines is 1. The monoisotopic (exact) mass is 362 g/mol. The highest BCUT2D eigenvalue weighted by Crippen LogP contribution is 2.34. The summed E-state index contributed by atoms with van der Waals surface area (Å²) >= 11 is 6.08. The fraction of sp³-hybridized carbons (Fsp3) is 0.235. The average molecular weight is 363 g/mol. The molecule has 0 radical (unpaired) electrons. The Balaban J connectivity index is 2.30. The van der Waals surface area contributed by atoms with Gasteiger partial charge < -0.3 is 14.6 Å². The number of ether oxygens (including phenoxy) is 1. The molecule has 25 heavy (non-hydrogen) atoms. The molecule has 0 atom stereocenters. The maximum atomic E-state index is 15.0. The van der Waals surface area contributed by atoms with Gasteiger partial charge in [0.15, 0.2) is 17.3 Å². The van der Waals surface area contributed by atoms with Gasteiger partial charge in [-0.2, -0.15) is 0 Å². The molecule has 3 rings (SSSR count). The summed E-state index contributed by atoms with van der Waals surface area (Å²) < 4.78 is 19.7. The molecule has 0 amide bonds. The number of benzene rings is 1. The van der Waals surface area contributed by atoms with Crippen LogP contribution >= 0.6 is 11.6 Å². The lowest BCUT2D eigenvalue weighted by atomic mass is 10.1. The zero-order chi connectivity index (χ0) is 18.3. The molecule has 0 aliphatic carbocycles. The van der Waals surface area contributed by atoms with Gasteiger partial charge in [-0.3, -0.25) is 0 Å². The van der Waals surface area contributed by atoms with Crippen LogP contribution in [0.3, 0.4) is 0 Å². The van der Waals surface area contributed by atoms with Gasteiger partial charge in [0, 0.05) is 19.8 Å². The van der Waals surface area contributed by atoms with E-state index in [2.05, 4.69) is 15.0 Å². The first-order chi connectivity index (χ1) is 11.8. The highest BCUT2D eigenvalue weighted by Gasteiger charge is 2.22. The van der Waals surface area contributed by atoms with E-state index in [1.54, 1.807) is 31.1 Å². The second kappa shape index (κ2) is 6.33. The molecule has 0 unspecified atom stereocenters. The zero-order valence-corrected chi connectivity index (χ0v) is 14.9. The predicted octanol–water partition coefficient (Wildman–Crippen LogP) is 3.58. The van der Waals surface area contributed by atoms with E-state index in [0.29, 0.717) is 11.0 Å². The van der Waals surface area contributed by atoms with Gasteiger partial charge >= 0.3 is 5.97 Å². The van der Waals surface area contributed by atoms with Crippen LogP contribution in [0.5, 0.6) is 0 Å². The van der Waals surface area contributed by atoms with Gasteiger partial charge in [-0.1, -0.05) is 11.6 Å². The van der Waals surface area contributed by atoms with Crippen LogP contribution in [0.25, 0.3) is 22.4 Å². The number of esters is 1. The number of methoxy groups -OCH3 is 1. The molecule has 8 heteroatoms. The number of aryl methyl sites for hydroxylation is 1. The number of nitrogens with one attached hydrogen (secondary N) is 1. The molecule has 2 heterocycles. The number of halogens is 2. The SMILES string of the molecule is COC(=O)c1nc(-c2ccc(Cl)c(N(C)C)c2F)nc2[nH]c(C)cc12. The van der Waals surface area contributed by atoms with Crippen molar-refractivity contribution < 1.29 is 13.9 Å². The Morgan fingerprint density at radius 1 is 1.32 bits per heavy atom. The lowest BCUT2D eigenvalue weighted by Gasteiger charge is -2.17. The molecule has 3 aromatic rings. The zero-order valence-electron chi connectivity index (χ0n) is 14.1. The molecule has 0 bridgehead atoms. The smallest absolute Gasteiger partial charge is 0.357 e. The number of H-pyrrole nitrogens is 1. The van der Waals surface area contributed by atoms with Crippen molar-refractivity contribution in [3.63, 3.8) is 0 Å². The van der Waals surface area contributed by atoms with Gasteiger partial charge in [0.2, 0.25) is 0 Å². The fourth-order valence-electron chi connectivity index (χ4n) is 2.64. The Morgan fingerprint density at radius 3 is 2.68 bits per heavy atom. The number of hydrogen-bond donors (Lipinski definition) is 1. The summed E-state index contributed by atoms with van der Waals surface area (Å²) in [5.74, 6) is -1.10. The fourth-order valence-corrected chi connectivity index (χ4v) is 2.95. The maximum Gasteiger partial charge on any atom is 0.357 e. The third-order valence-electron chi connectivity index (χ3n) is 3.76. The second-order valence-electron chi connectivity index (χ2n) is 5.75. The maximum absolute atomic E-state index is 15.0. The lowest BCUT2D eigenvalue weighted by molar-refractivity contribution is 0.0596. The van der Waals surface area contributed by atoms with Gasteiger partial charge in [-0.25, -0.2) is 19.2 Å². The van der Waals surface area contributed by atoms with E-state index >= 15 is 0 Å². The third-order valence-corrected chi connectivity index (χ3v) is 4.06. The molecule has 1 aromatic carbocycles. The largest absolute Gasteiger partial charge is 0.464 e. The van der Waals surface area contributed by atoms with E-state index in [4.69, 9.17) is 16.3 Å².